The summed E-state index contributed by atoms with van der Waals surface area (Å²) in [5, 5.41) is 14.5. The quantitative estimate of drug-likeness (QED) is 0.700. The first-order valence-electron chi connectivity index (χ1n) is 4.86. The third-order valence-corrected chi connectivity index (χ3v) is 1.99. The van der Waals surface area contributed by atoms with E-state index in [9.17, 15) is 4.79 Å². The molecule has 4 nitrogen and oxygen atoms in total. The molecule has 0 spiro atoms. The van der Waals surface area contributed by atoms with Crippen LogP contribution >= 0.6 is 0 Å². The second-order valence-corrected chi connectivity index (χ2v) is 3.36. The number of aryl methyl sites for hydroxylation is 1. The molecular formula is C11H16N2O2. The Hall–Kier alpha value is -1.55. The molecule has 0 fully saturated rings. The van der Waals surface area contributed by atoms with Gasteiger partial charge in [-0.15, -0.1) is 0 Å². The highest BCUT2D eigenvalue weighted by Crippen LogP contribution is 2.19. The third-order valence-electron chi connectivity index (χ3n) is 1.99. The molecule has 0 heterocycles. The molecule has 1 aromatic rings. The Labute approximate surface area is 89.3 Å². The molecule has 0 aromatic heterocycles. The van der Waals surface area contributed by atoms with Gasteiger partial charge in [0.2, 0.25) is 5.91 Å². The number of amides is 1. The molecule has 15 heavy (non-hydrogen) atoms. The van der Waals surface area contributed by atoms with Crippen LogP contribution < -0.4 is 10.6 Å². The number of aliphatic hydroxyl groups excluding tert-OH is 1. The predicted octanol–water partition coefficient (Wildman–Crippen LogP) is 1.36. The van der Waals surface area contributed by atoms with Gasteiger partial charge in [-0.1, -0.05) is 6.07 Å². The summed E-state index contributed by atoms with van der Waals surface area (Å²) in [4.78, 5) is 10.9. The largest absolute Gasteiger partial charge is 0.395 e. The topological polar surface area (TPSA) is 61.4 Å². The minimum atomic E-state index is -0.0908. The SMILES string of the molecule is CC(=O)Nc1ccc(C)c(NCCO)c1. The van der Waals surface area contributed by atoms with Gasteiger partial charge in [0, 0.05) is 24.8 Å². The average molecular weight is 208 g/mol. The van der Waals surface area contributed by atoms with Gasteiger partial charge in [-0.2, -0.15) is 0 Å². The van der Waals surface area contributed by atoms with Crippen molar-refractivity contribution in [3.05, 3.63) is 23.8 Å². The zero-order chi connectivity index (χ0) is 11.3. The van der Waals surface area contributed by atoms with E-state index >= 15 is 0 Å². The van der Waals surface area contributed by atoms with Crippen LogP contribution in [0.2, 0.25) is 0 Å². The molecule has 0 bridgehead atoms. The van der Waals surface area contributed by atoms with Gasteiger partial charge in [-0.25, -0.2) is 0 Å². The zero-order valence-corrected chi connectivity index (χ0v) is 9.00. The van der Waals surface area contributed by atoms with Crippen LogP contribution in [0.15, 0.2) is 18.2 Å². The van der Waals surface area contributed by atoms with Crippen molar-refractivity contribution in [3.63, 3.8) is 0 Å². The summed E-state index contributed by atoms with van der Waals surface area (Å²) in [7, 11) is 0. The van der Waals surface area contributed by atoms with Crippen LogP contribution in [0.25, 0.3) is 0 Å². The lowest BCUT2D eigenvalue weighted by Gasteiger charge is -2.10. The van der Waals surface area contributed by atoms with E-state index in [1.165, 1.54) is 6.92 Å². The number of aliphatic hydroxyl groups is 1. The maximum atomic E-state index is 10.9. The van der Waals surface area contributed by atoms with E-state index in [2.05, 4.69) is 10.6 Å². The van der Waals surface area contributed by atoms with E-state index in [0.717, 1.165) is 16.9 Å². The molecule has 1 aromatic carbocycles. The van der Waals surface area contributed by atoms with Crippen molar-refractivity contribution >= 4 is 17.3 Å². The zero-order valence-electron chi connectivity index (χ0n) is 9.00. The van der Waals surface area contributed by atoms with Crippen LogP contribution in [0.5, 0.6) is 0 Å². The summed E-state index contributed by atoms with van der Waals surface area (Å²) in [5.74, 6) is -0.0908. The Morgan fingerprint density at radius 2 is 2.20 bits per heavy atom. The van der Waals surface area contributed by atoms with Gasteiger partial charge in [-0.05, 0) is 24.6 Å². The average Bonchev–Trinajstić information content (AvgIpc) is 2.18. The van der Waals surface area contributed by atoms with Gasteiger partial charge in [0.05, 0.1) is 6.61 Å². The molecule has 0 saturated heterocycles. The molecule has 0 saturated carbocycles. The Morgan fingerprint density at radius 1 is 1.47 bits per heavy atom. The van der Waals surface area contributed by atoms with E-state index in [-0.39, 0.29) is 12.5 Å². The van der Waals surface area contributed by atoms with Crippen molar-refractivity contribution in [2.75, 3.05) is 23.8 Å². The highest BCUT2D eigenvalue weighted by atomic mass is 16.3. The van der Waals surface area contributed by atoms with Crippen molar-refractivity contribution < 1.29 is 9.90 Å². The number of hydrogen-bond donors (Lipinski definition) is 3. The molecule has 0 aliphatic rings. The predicted molar refractivity (Wildman–Crippen MR) is 61.1 cm³/mol. The normalized spacial score (nSPS) is 9.80. The summed E-state index contributed by atoms with van der Waals surface area (Å²) < 4.78 is 0. The van der Waals surface area contributed by atoms with Crippen LogP contribution in [0.1, 0.15) is 12.5 Å². The molecule has 1 rings (SSSR count). The van der Waals surface area contributed by atoms with Gasteiger partial charge >= 0.3 is 0 Å². The Bertz CT molecular complexity index is 350. The van der Waals surface area contributed by atoms with Crippen LogP contribution in [-0.4, -0.2) is 24.2 Å². The number of anilines is 2. The van der Waals surface area contributed by atoms with Gasteiger partial charge in [0.1, 0.15) is 0 Å². The monoisotopic (exact) mass is 208 g/mol. The molecule has 3 N–H and O–H groups in total. The fraction of sp³-hybridized carbons (Fsp3) is 0.364. The Morgan fingerprint density at radius 3 is 2.80 bits per heavy atom. The lowest BCUT2D eigenvalue weighted by atomic mass is 10.2. The van der Waals surface area contributed by atoms with E-state index in [1.807, 2.05) is 25.1 Å². The maximum absolute atomic E-state index is 10.9. The highest BCUT2D eigenvalue weighted by molar-refractivity contribution is 5.89. The number of carbonyl (C=O) groups is 1. The highest BCUT2D eigenvalue weighted by Gasteiger charge is 2.00. The van der Waals surface area contributed by atoms with Crippen LogP contribution in [0, 0.1) is 6.92 Å². The fourth-order valence-electron chi connectivity index (χ4n) is 1.28. The Kier molecular flexibility index (Phi) is 4.12. The molecule has 82 valence electrons. The minimum absolute atomic E-state index is 0.0871. The molecule has 0 atom stereocenters. The number of benzene rings is 1. The minimum Gasteiger partial charge on any atom is -0.395 e. The maximum Gasteiger partial charge on any atom is 0.221 e. The van der Waals surface area contributed by atoms with E-state index in [1.54, 1.807) is 0 Å². The molecule has 0 aliphatic heterocycles. The van der Waals surface area contributed by atoms with Crippen molar-refractivity contribution in [1.82, 2.24) is 0 Å². The number of nitrogens with one attached hydrogen (secondary N) is 2. The van der Waals surface area contributed by atoms with Crippen LogP contribution in [0.4, 0.5) is 11.4 Å². The second kappa shape index (κ2) is 5.36. The number of hydrogen-bond acceptors (Lipinski definition) is 3. The lowest BCUT2D eigenvalue weighted by Crippen LogP contribution is -2.09. The van der Waals surface area contributed by atoms with Gasteiger partial charge in [-0.3, -0.25) is 4.79 Å². The molecule has 0 unspecified atom stereocenters. The standard InChI is InChI=1S/C11H16N2O2/c1-8-3-4-10(13-9(2)15)7-11(8)12-5-6-14/h3-4,7,12,14H,5-6H2,1-2H3,(H,13,15). The first-order chi connectivity index (χ1) is 7.13. The molecular weight excluding hydrogens is 192 g/mol. The van der Waals surface area contributed by atoms with Crippen molar-refractivity contribution in [1.29, 1.82) is 0 Å². The van der Waals surface area contributed by atoms with Crippen LogP contribution in [-0.2, 0) is 4.79 Å². The smallest absolute Gasteiger partial charge is 0.221 e. The van der Waals surface area contributed by atoms with E-state index in [4.69, 9.17) is 5.11 Å². The summed E-state index contributed by atoms with van der Waals surface area (Å²) in [6.45, 7) is 4.03. The molecule has 4 heteroatoms. The fourth-order valence-corrected chi connectivity index (χ4v) is 1.28. The lowest BCUT2D eigenvalue weighted by molar-refractivity contribution is -0.114. The summed E-state index contributed by atoms with van der Waals surface area (Å²) in [6, 6.07) is 5.62. The van der Waals surface area contributed by atoms with Crippen molar-refractivity contribution in [2.24, 2.45) is 0 Å². The third kappa shape index (κ3) is 3.59. The molecule has 0 aliphatic carbocycles. The van der Waals surface area contributed by atoms with E-state index < -0.39 is 0 Å². The second-order valence-electron chi connectivity index (χ2n) is 3.36. The first kappa shape index (κ1) is 11.5. The van der Waals surface area contributed by atoms with Crippen LogP contribution in [0.3, 0.4) is 0 Å². The molecule has 0 radical (unpaired) electrons. The first-order valence-corrected chi connectivity index (χ1v) is 4.86. The number of rotatable bonds is 4. The number of carbonyl (C=O) groups excluding carboxylic acids is 1. The summed E-state index contributed by atoms with van der Waals surface area (Å²) in [5.41, 5.74) is 2.77. The van der Waals surface area contributed by atoms with Crippen molar-refractivity contribution in [3.8, 4) is 0 Å². The Balaban J connectivity index is 2.79. The van der Waals surface area contributed by atoms with Gasteiger partial charge in [0.15, 0.2) is 0 Å². The van der Waals surface area contributed by atoms with Gasteiger partial charge in [0.25, 0.3) is 0 Å². The summed E-state index contributed by atoms with van der Waals surface area (Å²) >= 11 is 0. The molecule has 1 amide bonds. The van der Waals surface area contributed by atoms with Gasteiger partial charge < -0.3 is 15.7 Å². The van der Waals surface area contributed by atoms with Crippen molar-refractivity contribution in [2.45, 2.75) is 13.8 Å². The van der Waals surface area contributed by atoms with E-state index in [0.29, 0.717) is 6.54 Å². The summed E-state index contributed by atoms with van der Waals surface area (Å²) in [6.07, 6.45) is 0.